The lowest BCUT2D eigenvalue weighted by Gasteiger charge is -2.09. The second-order valence-corrected chi connectivity index (χ2v) is 4.61. The van der Waals surface area contributed by atoms with Crippen LogP contribution in [0.2, 0.25) is 0 Å². The van der Waals surface area contributed by atoms with Crippen LogP contribution in [0.5, 0.6) is 0 Å². The van der Waals surface area contributed by atoms with Crippen LogP contribution in [0.1, 0.15) is 0 Å². The zero-order valence-electron chi connectivity index (χ0n) is 8.82. The Kier molecular flexibility index (Phi) is 13.1. The second kappa shape index (κ2) is 13.1. The first-order valence-corrected chi connectivity index (χ1v) is 6.12. The van der Waals surface area contributed by atoms with Gasteiger partial charge in [-0.25, -0.2) is 0 Å². The van der Waals surface area contributed by atoms with E-state index in [0.29, 0.717) is 0 Å². The summed E-state index contributed by atoms with van der Waals surface area (Å²) in [5.74, 6) is 0. The van der Waals surface area contributed by atoms with Gasteiger partial charge in [0.15, 0.2) is 4.30 Å². The lowest BCUT2D eigenvalue weighted by Crippen LogP contribution is -2.16. The number of hydrogen-bond donors (Lipinski definition) is 0. The van der Waals surface area contributed by atoms with E-state index in [4.69, 9.17) is 44.3 Å². The fraction of sp³-hybridized carbons (Fsp3) is 0.455. The number of alkyl halides is 3. The maximum Gasteiger partial charge on any atom is 0.180 e. The number of benzene rings is 1. The van der Waals surface area contributed by atoms with Gasteiger partial charge in [-0.1, -0.05) is 71.2 Å². The quantitative estimate of drug-likeness (QED) is 0.677. The van der Waals surface area contributed by atoms with Crippen LogP contribution in [-0.4, -0.2) is 30.7 Å². The lowest BCUT2D eigenvalue weighted by molar-refractivity contribution is -0.0334. The smallest absolute Gasteiger partial charge is 0.180 e. The summed E-state index contributed by atoms with van der Waals surface area (Å²) >= 11 is 14.4. The van der Waals surface area contributed by atoms with E-state index in [1.807, 2.05) is 36.4 Å². The Morgan fingerprint density at radius 3 is 0.938 bits per heavy atom. The van der Waals surface area contributed by atoms with Crippen molar-refractivity contribution in [3.05, 3.63) is 36.4 Å². The van der Waals surface area contributed by atoms with Crippen molar-refractivity contribution in [1.29, 1.82) is 0 Å². The molecule has 0 aliphatic carbocycles. The summed E-state index contributed by atoms with van der Waals surface area (Å²) in [4.78, 5) is 0. The maximum absolute atomic E-state index is 4.94. The SMILES string of the molecule is C1COCCO1.ClC(Cl)Cl.c1ccccc1. The Balaban J connectivity index is 0.000000217. The molecule has 0 saturated carbocycles. The van der Waals surface area contributed by atoms with Gasteiger partial charge in [-0.05, 0) is 0 Å². The third-order valence-corrected chi connectivity index (χ3v) is 1.41. The molecular weight excluding hydrogens is 270 g/mol. The monoisotopic (exact) mass is 284 g/mol. The number of hydrogen-bond acceptors (Lipinski definition) is 2. The fourth-order valence-corrected chi connectivity index (χ4v) is 0.825. The van der Waals surface area contributed by atoms with E-state index in [9.17, 15) is 0 Å². The molecule has 1 aliphatic heterocycles. The minimum atomic E-state index is -0.750. The molecule has 0 aromatic heterocycles. The maximum atomic E-state index is 4.94. The molecule has 1 aliphatic rings. The summed E-state index contributed by atoms with van der Waals surface area (Å²) < 4.78 is 9.14. The summed E-state index contributed by atoms with van der Waals surface area (Å²) in [5, 5.41) is 0. The number of halogens is 3. The number of rotatable bonds is 0. The highest BCUT2D eigenvalue weighted by molar-refractivity contribution is 6.63. The van der Waals surface area contributed by atoms with Crippen molar-refractivity contribution in [3.8, 4) is 0 Å². The normalized spacial score (nSPS) is 14.2. The predicted molar refractivity (Wildman–Crippen MR) is 69.4 cm³/mol. The Labute approximate surface area is 111 Å². The highest BCUT2D eigenvalue weighted by Crippen LogP contribution is 2.03. The first-order chi connectivity index (χ1) is 7.73. The first kappa shape index (κ1) is 16.0. The highest BCUT2D eigenvalue weighted by atomic mass is 35.6. The van der Waals surface area contributed by atoms with Gasteiger partial charge < -0.3 is 9.47 Å². The number of ether oxygens (including phenoxy) is 2. The van der Waals surface area contributed by atoms with Crippen molar-refractivity contribution in [1.82, 2.24) is 0 Å². The minimum Gasteiger partial charge on any atom is -0.377 e. The van der Waals surface area contributed by atoms with Crippen LogP contribution < -0.4 is 0 Å². The average Bonchev–Trinajstić information content (AvgIpc) is 2.34. The van der Waals surface area contributed by atoms with E-state index in [0.717, 1.165) is 26.4 Å². The molecule has 0 spiro atoms. The van der Waals surface area contributed by atoms with Gasteiger partial charge >= 0.3 is 0 Å². The van der Waals surface area contributed by atoms with E-state index in [-0.39, 0.29) is 0 Å². The summed E-state index contributed by atoms with van der Waals surface area (Å²) in [6, 6.07) is 12.0. The van der Waals surface area contributed by atoms with Crippen LogP contribution >= 0.6 is 34.8 Å². The molecule has 0 N–H and O–H groups in total. The molecule has 1 aromatic carbocycles. The molecular formula is C11H15Cl3O2. The zero-order valence-corrected chi connectivity index (χ0v) is 11.1. The zero-order chi connectivity index (χ0) is 12.1. The molecule has 0 amide bonds. The van der Waals surface area contributed by atoms with E-state index in [1.54, 1.807) is 0 Å². The Morgan fingerprint density at radius 2 is 0.812 bits per heavy atom. The molecule has 0 unspecified atom stereocenters. The molecule has 0 atom stereocenters. The van der Waals surface area contributed by atoms with Gasteiger partial charge in [-0.2, -0.15) is 0 Å². The Morgan fingerprint density at radius 1 is 0.625 bits per heavy atom. The minimum absolute atomic E-state index is 0.750. The van der Waals surface area contributed by atoms with Crippen molar-refractivity contribution in [2.45, 2.75) is 4.30 Å². The molecule has 92 valence electrons. The van der Waals surface area contributed by atoms with Gasteiger partial charge in [0.1, 0.15) is 0 Å². The van der Waals surface area contributed by atoms with Gasteiger partial charge in [-0.15, -0.1) is 0 Å². The predicted octanol–water partition coefficient (Wildman–Crippen LogP) is 3.71. The van der Waals surface area contributed by atoms with E-state index in [1.165, 1.54) is 0 Å². The largest absolute Gasteiger partial charge is 0.377 e. The molecule has 1 heterocycles. The van der Waals surface area contributed by atoms with Crippen molar-refractivity contribution in [2.75, 3.05) is 26.4 Å². The molecule has 2 rings (SSSR count). The molecule has 1 saturated heterocycles. The van der Waals surface area contributed by atoms with Crippen LogP contribution in [0.3, 0.4) is 0 Å². The summed E-state index contributed by atoms with van der Waals surface area (Å²) in [6.45, 7) is 3.11. The molecule has 0 radical (unpaired) electrons. The standard InChI is InChI=1S/C6H6.C4H8O2.CHCl3/c1-2-4-6-5-3-1;1-2-6-4-3-5-1;2-1(3)4/h1-6H;1-4H2;1H. The highest BCUT2D eigenvalue weighted by Gasteiger charge is 1.94. The van der Waals surface area contributed by atoms with E-state index >= 15 is 0 Å². The topological polar surface area (TPSA) is 18.5 Å². The van der Waals surface area contributed by atoms with Gasteiger partial charge in [0.05, 0.1) is 26.4 Å². The van der Waals surface area contributed by atoms with E-state index in [2.05, 4.69) is 0 Å². The molecule has 2 nitrogen and oxygen atoms in total. The van der Waals surface area contributed by atoms with Gasteiger partial charge in [0, 0.05) is 0 Å². The van der Waals surface area contributed by atoms with Crippen LogP contribution in [0, 0.1) is 0 Å². The fourth-order valence-electron chi connectivity index (χ4n) is 0.825. The van der Waals surface area contributed by atoms with Crippen molar-refractivity contribution in [2.24, 2.45) is 0 Å². The van der Waals surface area contributed by atoms with Crippen molar-refractivity contribution >= 4 is 34.8 Å². The van der Waals surface area contributed by atoms with Crippen LogP contribution in [-0.2, 0) is 9.47 Å². The lowest BCUT2D eigenvalue weighted by atomic mass is 10.4. The van der Waals surface area contributed by atoms with E-state index < -0.39 is 4.30 Å². The van der Waals surface area contributed by atoms with Crippen LogP contribution in [0.15, 0.2) is 36.4 Å². The molecule has 16 heavy (non-hydrogen) atoms. The van der Waals surface area contributed by atoms with Crippen molar-refractivity contribution < 1.29 is 9.47 Å². The van der Waals surface area contributed by atoms with Gasteiger partial charge in [0.2, 0.25) is 0 Å². The van der Waals surface area contributed by atoms with Crippen LogP contribution in [0.4, 0.5) is 0 Å². The summed E-state index contributed by atoms with van der Waals surface area (Å²) in [6.07, 6.45) is 0. The Hall–Kier alpha value is 0.01000. The summed E-state index contributed by atoms with van der Waals surface area (Å²) in [7, 11) is 0. The Bertz CT molecular complexity index is 175. The third kappa shape index (κ3) is 16.4. The molecule has 1 aromatic rings. The molecule has 1 fully saturated rings. The molecule has 0 bridgehead atoms. The van der Waals surface area contributed by atoms with Gasteiger partial charge in [0.25, 0.3) is 0 Å². The molecule has 5 heteroatoms. The third-order valence-electron chi connectivity index (χ3n) is 1.41. The van der Waals surface area contributed by atoms with Gasteiger partial charge in [-0.3, -0.25) is 0 Å². The first-order valence-electron chi connectivity index (χ1n) is 4.81. The second-order valence-electron chi connectivity index (χ2n) is 2.63. The average molecular weight is 286 g/mol. The van der Waals surface area contributed by atoms with Crippen molar-refractivity contribution in [3.63, 3.8) is 0 Å². The van der Waals surface area contributed by atoms with Crippen LogP contribution in [0.25, 0.3) is 0 Å². The summed E-state index contributed by atoms with van der Waals surface area (Å²) in [5.41, 5.74) is 0.